The molecule has 0 radical (unpaired) electrons. The Morgan fingerprint density at radius 2 is 2.27 bits per heavy atom. The van der Waals surface area contributed by atoms with Crippen LogP contribution in [0.4, 0.5) is 5.88 Å². The van der Waals surface area contributed by atoms with Gasteiger partial charge in [0, 0.05) is 6.07 Å². The Labute approximate surface area is 62.2 Å². The molecular weight excluding hydrogens is 144 g/mol. The van der Waals surface area contributed by atoms with Crippen LogP contribution in [-0.4, -0.2) is 10.3 Å². The van der Waals surface area contributed by atoms with E-state index in [4.69, 9.17) is 10.8 Å². The fourth-order valence-electron chi connectivity index (χ4n) is 0.951. The van der Waals surface area contributed by atoms with Crippen molar-refractivity contribution in [1.82, 2.24) is 5.16 Å². The number of phenolic OH excluding ortho intramolecular Hbond substituents is 1. The molecule has 56 valence electrons. The maximum atomic E-state index is 9.02. The van der Waals surface area contributed by atoms with Crippen molar-refractivity contribution in [3.8, 4) is 5.75 Å². The predicted molar refractivity (Wildman–Crippen MR) is 40.1 cm³/mol. The molecule has 0 bridgehead atoms. The van der Waals surface area contributed by atoms with Gasteiger partial charge in [0.1, 0.15) is 11.3 Å². The second-order valence-electron chi connectivity index (χ2n) is 2.25. The van der Waals surface area contributed by atoms with Crippen molar-refractivity contribution in [2.45, 2.75) is 0 Å². The molecule has 4 nitrogen and oxygen atoms in total. The molecule has 2 aromatic rings. The Hall–Kier alpha value is -1.71. The minimum absolute atomic E-state index is 0.158. The molecular formula is C7H6N2O2. The van der Waals surface area contributed by atoms with Crippen molar-refractivity contribution in [2.75, 3.05) is 5.73 Å². The van der Waals surface area contributed by atoms with Gasteiger partial charge in [-0.1, -0.05) is 5.16 Å². The lowest BCUT2D eigenvalue weighted by molar-refractivity contribution is 0.444. The molecule has 1 aromatic carbocycles. The van der Waals surface area contributed by atoms with E-state index >= 15 is 0 Å². The van der Waals surface area contributed by atoms with Gasteiger partial charge in [-0.2, -0.15) is 0 Å². The van der Waals surface area contributed by atoms with E-state index in [0.29, 0.717) is 5.52 Å². The second-order valence-corrected chi connectivity index (χ2v) is 2.25. The lowest BCUT2D eigenvalue weighted by atomic mass is 10.2. The molecule has 2 rings (SSSR count). The summed E-state index contributed by atoms with van der Waals surface area (Å²) in [5, 5.41) is 13.4. The number of hydrogen-bond donors (Lipinski definition) is 2. The summed E-state index contributed by atoms with van der Waals surface area (Å²) in [6, 6.07) is 4.70. The zero-order valence-electron chi connectivity index (χ0n) is 5.61. The average molecular weight is 150 g/mol. The number of nitrogens with two attached hydrogens (primary N) is 1. The quantitative estimate of drug-likeness (QED) is 0.590. The number of hydrogen-bond acceptors (Lipinski definition) is 4. The summed E-state index contributed by atoms with van der Waals surface area (Å²) in [5.41, 5.74) is 5.99. The van der Waals surface area contributed by atoms with Gasteiger partial charge in [-0.3, -0.25) is 0 Å². The maximum Gasteiger partial charge on any atom is 0.230 e. The molecule has 0 saturated carbocycles. The van der Waals surface area contributed by atoms with Crippen LogP contribution in [0.15, 0.2) is 22.7 Å². The molecule has 0 fully saturated rings. The average Bonchev–Trinajstić information content (AvgIpc) is 2.32. The summed E-state index contributed by atoms with van der Waals surface area (Å²) < 4.78 is 4.69. The monoisotopic (exact) mass is 150 g/mol. The van der Waals surface area contributed by atoms with Crippen LogP contribution in [0.3, 0.4) is 0 Å². The number of fused-ring (bicyclic) bond motifs is 1. The zero-order valence-corrected chi connectivity index (χ0v) is 5.61. The van der Waals surface area contributed by atoms with Crippen LogP contribution in [0.25, 0.3) is 10.9 Å². The van der Waals surface area contributed by atoms with Gasteiger partial charge < -0.3 is 15.4 Å². The molecule has 1 aromatic heterocycles. The predicted octanol–water partition coefficient (Wildman–Crippen LogP) is 1.12. The van der Waals surface area contributed by atoms with Crippen molar-refractivity contribution in [3.63, 3.8) is 0 Å². The summed E-state index contributed by atoms with van der Waals surface area (Å²) in [7, 11) is 0. The Morgan fingerprint density at radius 1 is 1.45 bits per heavy atom. The topological polar surface area (TPSA) is 72.3 Å². The molecule has 0 saturated heterocycles. The summed E-state index contributed by atoms with van der Waals surface area (Å²) in [6.07, 6.45) is 0. The first-order valence-electron chi connectivity index (χ1n) is 3.11. The van der Waals surface area contributed by atoms with Gasteiger partial charge in [0.05, 0.1) is 5.39 Å². The van der Waals surface area contributed by atoms with E-state index in [-0.39, 0.29) is 11.6 Å². The third kappa shape index (κ3) is 0.797. The van der Waals surface area contributed by atoms with Crippen molar-refractivity contribution in [3.05, 3.63) is 18.2 Å². The second kappa shape index (κ2) is 1.88. The van der Waals surface area contributed by atoms with E-state index in [9.17, 15) is 0 Å². The van der Waals surface area contributed by atoms with E-state index in [1.807, 2.05) is 0 Å². The Bertz CT molecular complexity index is 394. The number of aromatic hydroxyl groups is 1. The van der Waals surface area contributed by atoms with E-state index in [0.717, 1.165) is 5.39 Å². The Balaban J connectivity index is 2.86. The lowest BCUT2D eigenvalue weighted by Crippen LogP contribution is -1.78. The largest absolute Gasteiger partial charge is 0.508 e. The van der Waals surface area contributed by atoms with Gasteiger partial charge in [-0.05, 0) is 12.1 Å². The van der Waals surface area contributed by atoms with Crippen molar-refractivity contribution < 1.29 is 9.63 Å². The highest BCUT2D eigenvalue weighted by atomic mass is 16.5. The van der Waals surface area contributed by atoms with Crippen LogP contribution in [0.5, 0.6) is 5.75 Å². The molecule has 0 atom stereocenters. The zero-order chi connectivity index (χ0) is 7.84. The summed E-state index contributed by atoms with van der Waals surface area (Å²) in [4.78, 5) is 0. The molecule has 4 heteroatoms. The van der Waals surface area contributed by atoms with Crippen LogP contribution >= 0.6 is 0 Å². The van der Waals surface area contributed by atoms with Crippen molar-refractivity contribution in [1.29, 1.82) is 0 Å². The van der Waals surface area contributed by atoms with Crippen molar-refractivity contribution >= 4 is 16.8 Å². The molecule has 1 heterocycles. The summed E-state index contributed by atoms with van der Waals surface area (Å²) >= 11 is 0. The number of rotatable bonds is 0. The van der Waals surface area contributed by atoms with E-state index < -0.39 is 0 Å². The minimum atomic E-state index is 0.158. The smallest absolute Gasteiger partial charge is 0.230 e. The highest BCUT2D eigenvalue weighted by Gasteiger charge is 2.03. The fourth-order valence-corrected chi connectivity index (χ4v) is 0.951. The van der Waals surface area contributed by atoms with Crippen LogP contribution in [0.2, 0.25) is 0 Å². The lowest BCUT2D eigenvalue weighted by Gasteiger charge is -1.88. The number of phenols is 1. The number of nitrogen functional groups attached to an aromatic ring is 1. The van der Waals surface area contributed by atoms with Crippen molar-refractivity contribution in [2.24, 2.45) is 0 Å². The van der Waals surface area contributed by atoms with E-state index in [1.54, 1.807) is 6.07 Å². The molecule has 0 amide bonds. The summed E-state index contributed by atoms with van der Waals surface area (Å²) in [5.74, 6) is 0.436. The molecule has 0 spiro atoms. The highest BCUT2D eigenvalue weighted by molar-refractivity contribution is 5.88. The first-order valence-corrected chi connectivity index (χ1v) is 3.11. The van der Waals surface area contributed by atoms with Crippen LogP contribution in [0, 0.1) is 0 Å². The standard InChI is InChI=1S/C7H6N2O2/c8-7-5-2-1-4(10)3-6(5)9-11-7/h1-3,10H,8H2. The van der Waals surface area contributed by atoms with Gasteiger partial charge in [0.15, 0.2) is 0 Å². The molecule has 0 unspecified atom stereocenters. The number of nitrogens with zero attached hydrogens (tertiary/aromatic N) is 1. The van der Waals surface area contributed by atoms with Gasteiger partial charge in [-0.15, -0.1) is 0 Å². The van der Waals surface area contributed by atoms with Gasteiger partial charge in [0.25, 0.3) is 0 Å². The van der Waals surface area contributed by atoms with E-state index in [2.05, 4.69) is 9.68 Å². The summed E-state index contributed by atoms with van der Waals surface area (Å²) in [6.45, 7) is 0. The van der Waals surface area contributed by atoms with Gasteiger partial charge in [-0.25, -0.2) is 0 Å². The Kier molecular flexibility index (Phi) is 1.03. The van der Waals surface area contributed by atoms with Crippen LogP contribution < -0.4 is 5.73 Å². The Morgan fingerprint density at radius 3 is 3.09 bits per heavy atom. The third-order valence-electron chi connectivity index (χ3n) is 1.49. The first-order chi connectivity index (χ1) is 5.27. The molecule has 0 aliphatic rings. The van der Waals surface area contributed by atoms with Crippen LogP contribution in [-0.2, 0) is 0 Å². The van der Waals surface area contributed by atoms with Crippen LogP contribution in [0.1, 0.15) is 0 Å². The highest BCUT2D eigenvalue weighted by Crippen LogP contribution is 2.23. The molecule has 3 N–H and O–H groups in total. The third-order valence-corrected chi connectivity index (χ3v) is 1.49. The SMILES string of the molecule is Nc1onc2cc(O)ccc12. The van der Waals surface area contributed by atoms with Gasteiger partial charge >= 0.3 is 0 Å². The minimum Gasteiger partial charge on any atom is -0.508 e. The molecule has 0 aliphatic heterocycles. The van der Waals surface area contributed by atoms with E-state index in [1.165, 1.54) is 12.1 Å². The normalized spacial score (nSPS) is 10.5. The van der Waals surface area contributed by atoms with Gasteiger partial charge in [0.2, 0.25) is 5.88 Å². The maximum absolute atomic E-state index is 9.02. The number of anilines is 1. The number of benzene rings is 1. The fraction of sp³-hybridized carbons (Fsp3) is 0. The first kappa shape index (κ1) is 6.03. The molecule has 0 aliphatic carbocycles. The molecule has 11 heavy (non-hydrogen) atoms. The number of aromatic nitrogens is 1.